The van der Waals surface area contributed by atoms with Crippen molar-refractivity contribution >= 4 is 0 Å². The normalized spacial score (nSPS) is 18.2. The molecule has 1 saturated heterocycles. The highest BCUT2D eigenvalue weighted by atomic mass is 16.3. The van der Waals surface area contributed by atoms with Gasteiger partial charge in [0.1, 0.15) is 0 Å². The van der Waals surface area contributed by atoms with Gasteiger partial charge in [0.05, 0.1) is 0 Å². The molecule has 0 aliphatic carbocycles. The van der Waals surface area contributed by atoms with Crippen LogP contribution >= 0.6 is 0 Å². The van der Waals surface area contributed by atoms with Gasteiger partial charge in [0.15, 0.2) is 0 Å². The van der Waals surface area contributed by atoms with Crippen LogP contribution in [0, 0.1) is 5.41 Å². The molecule has 20 heavy (non-hydrogen) atoms. The minimum atomic E-state index is -0.0397. The third-order valence-corrected chi connectivity index (χ3v) is 4.14. The van der Waals surface area contributed by atoms with E-state index in [1.165, 1.54) is 5.56 Å². The van der Waals surface area contributed by atoms with Crippen LogP contribution in [0.1, 0.15) is 38.7 Å². The predicted molar refractivity (Wildman–Crippen MR) is 83.5 cm³/mol. The summed E-state index contributed by atoms with van der Waals surface area (Å²) < 4.78 is 0. The summed E-state index contributed by atoms with van der Waals surface area (Å²) in [5, 5.41) is 18.6. The largest absolute Gasteiger partial charge is 0.396 e. The molecule has 0 saturated carbocycles. The molecular formula is C17H29NO2. The molecule has 1 aliphatic rings. The Labute approximate surface area is 123 Å². The molecule has 114 valence electrons. The summed E-state index contributed by atoms with van der Waals surface area (Å²) in [6, 6.07) is 10.5. The van der Waals surface area contributed by atoms with Crippen molar-refractivity contribution in [3.63, 3.8) is 0 Å². The molecule has 0 atom stereocenters. The van der Waals surface area contributed by atoms with E-state index in [0.29, 0.717) is 0 Å². The molecular weight excluding hydrogens is 250 g/mol. The minimum Gasteiger partial charge on any atom is -0.396 e. The van der Waals surface area contributed by atoms with Gasteiger partial charge in [-0.15, -0.1) is 0 Å². The molecule has 0 radical (unpaired) electrons. The molecule has 0 bridgehead atoms. The van der Waals surface area contributed by atoms with E-state index in [-0.39, 0.29) is 18.6 Å². The highest BCUT2D eigenvalue weighted by Gasteiger charge is 2.33. The second-order valence-corrected chi connectivity index (χ2v) is 5.39. The Hall–Kier alpha value is -0.900. The first-order valence-electron chi connectivity index (χ1n) is 7.76. The molecule has 1 aliphatic heterocycles. The van der Waals surface area contributed by atoms with E-state index in [9.17, 15) is 5.11 Å². The molecule has 1 aromatic carbocycles. The summed E-state index contributed by atoms with van der Waals surface area (Å²) in [4.78, 5) is 2.43. The zero-order chi connectivity index (χ0) is 14.8. The first-order chi connectivity index (χ1) is 9.78. The molecule has 3 nitrogen and oxygen atoms in total. The minimum absolute atomic E-state index is 0.0397. The maximum atomic E-state index is 9.52. The lowest BCUT2D eigenvalue weighted by molar-refractivity contribution is 0.0217. The fourth-order valence-electron chi connectivity index (χ4n) is 2.75. The van der Waals surface area contributed by atoms with Crippen molar-refractivity contribution in [3.8, 4) is 0 Å². The summed E-state index contributed by atoms with van der Waals surface area (Å²) in [6.45, 7) is 7.39. The number of rotatable bonds is 5. The zero-order valence-electron chi connectivity index (χ0n) is 12.9. The van der Waals surface area contributed by atoms with Gasteiger partial charge in [0.2, 0.25) is 0 Å². The van der Waals surface area contributed by atoms with Gasteiger partial charge >= 0.3 is 0 Å². The molecule has 1 fully saturated rings. The third-order valence-electron chi connectivity index (χ3n) is 4.14. The second-order valence-electron chi connectivity index (χ2n) is 5.39. The van der Waals surface area contributed by atoms with Crippen LogP contribution in [-0.2, 0) is 6.54 Å². The molecule has 1 aromatic rings. The van der Waals surface area contributed by atoms with Crippen molar-refractivity contribution in [1.29, 1.82) is 0 Å². The lowest BCUT2D eigenvalue weighted by atomic mass is 9.76. The second kappa shape index (κ2) is 9.11. The van der Waals surface area contributed by atoms with Gasteiger partial charge in [-0.25, -0.2) is 0 Å². The average Bonchev–Trinajstić information content (AvgIpc) is 2.53. The van der Waals surface area contributed by atoms with Gasteiger partial charge in [-0.1, -0.05) is 44.2 Å². The van der Waals surface area contributed by atoms with E-state index in [1.54, 1.807) is 0 Å². The van der Waals surface area contributed by atoms with E-state index in [2.05, 4.69) is 29.2 Å². The summed E-state index contributed by atoms with van der Waals surface area (Å²) in [5.41, 5.74) is 1.30. The Morgan fingerprint density at radius 1 is 1.05 bits per heavy atom. The van der Waals surface area contributed by atoms with Crippen LogP contribution < -0.4 is 0 Å². The Morgan fingerprint density at radius 2 is 1.65 bits per heavy atom. The molecule has 0 unspecified atom stereocenters. The quantitative estimate of drug-likeness (QED) is 0.871. The highest BCUT2D eigenvalue weighted by molar-refractivity contribution is 5.14. The van der Waals surface area contributed by atoms with Gasteiger partial charge in [0.25, 0.3) is 0 Å². The highest BCUT2D eigenvalue weighted by Crippen LogP contribution is 2.34. The van der Waals surface area contributed by atoms with Gasteiger partial charge in [-0.2, -0.15) is 0 Å². The van der Waals surface area contributed by atoms with Crippen molar-refractivity contribution in [2.24, 2.45) is 5.41 Å². The molecule has 0 amide bonds. The number of benzene rings is 1. The summed E-state index contributed by atoms with van der Waals surface area (Å²) in [6.07, 6.45) is 2.69. The smallest absolute Gasteiger partial charge is 0.0489 e. The Kier molecular flexibility index (Phi) is 7.82. The van der Waals surface area contributed by atoms with Crippen LogP contribution in [-0.4, -0.2) is 41.4 Å². The van der Waals surface area contributed by atoms with E-state index in [1.807, 2.05) is 19.9 Å². The standard InChI is InChI=1S/C15H23NO2.C2H6/c17-11-8-15(13-18)6-9-16(10-7-15)12-14-4-2-1-3-5-14;1-2/h1-5,17-18H,6-13H2;1-2H3. The SMILES string of the molecule is CC.OCCC1(CO)CCN(Cc2ccccc2)CC1. The van der Waals surface area contributed by atoms with Gasteiger partial charge in [-0.05, 0) is 43.3 Å². The summed E-state index contributed by atoms with van der Waals surface area (Å²) >= 11 is 0. The number of likely N-dealkylation sites (tertiary alicyclic amines) is 1. The van der Waals surface area contributed by atoms with Gasteiger partial charge in [0, 0.05) is 19.8 Å². The van der Waals surface area contributed by atoms with Crippen molar-refractivity contribution in [1.82, 2.24) is 4.90 Å². The number of piperidine rings is 1. The van der Waals surface area contributed by atoms with Crippen LogP contribution in [0.2, 0.25) is 0 Å². The predicted octanol–water partition coefficient (Wildman–Crippen LogP) is 2.67. The zero-order valence-corrected chi connectivity index (χ0v) is 12.9. The average molecular weight is 279 g/mol. The molecule has 0 aromatic heterocycles. The van der Waals surface area contributed by atoms with Crippen LogP contribution in [0.15, 0.2) is 30.3 Å². The van der Waals surface area contributed by atoms with Gasteiger partial charge in [-0.3, -0.25) is 4.90 Å². The fourth-order valence-corrected chi connectivity index (χ4v) is 2.75. The van der Waals surface area contributed by atoms with Crippen molar-refractivity contribution in [2.75, 3.05) is 26.3 Å². The van der Waals surface area contributed by atoms with Crippen LogP contribution in [0.3, 0.4) is 0 Å². The maximum Gasteiger partial charge on any atom is 0.0489 e. The Bertz CT molecular complexity index is 345. The summed E-state index contributed by atoms with van der Waals surface area (Å²) in [5.74, 6) is 0. The molecule has 2 N–H and O–H groups in total. The van der Waals surface area contributed by atoms with Crippen LogP contribution in [0.5, 0.6) is 0 Å². The van der Waals surface area contributed by atoms with Crippen LogP contribution in [0.4, 0.5) is 0 Å². The Morgan fingerprint density at radius 3 is 2.15 bits per heavy atom. The third kappa shape index (κ3) is 4.89. The van der Waals surface area contributed by atoms with Gasteiger partial charge < -0.3 is 10.2 Å². The summed E-state index contributed by atoms with van der Waals surface area (Å²) in [7, 11) is 0. The van der Waals surface area contributed by atoms with E-state index in [0.717, 1.165) is 38.9 Å². The Balaban J connectivity index is 0.000000956. The number of hydrogen-bond acceptors (Lipinski definition) is 3. The monoisotopic (exact) mass is 279 g/mol. The number of hydrogen-bond donors (Lipinski definition) is 2. The number of aliphatic hydroxyl groups excluding tert-OH is 2. The first kappa shape index (κ1) is 17.2. The van der Waals surface area contributed by atoms with Crippen molar-refractivity contribution in [2.45, 2.75) is 39.7 Å². The van der Waals surface area contributed by atoms with E-state index < -0.39 is 0 Å². The number of nitrogens with zero attached hydrogens (tertiary/aromatic N) is 1. The van der Waals surface area contributed by atoms with E-state index in [4.69, 9.17) is 5.11 Å². The molecule has 3 heteroatoms. The first-order valence-corrected chi connectivity index (χ1v) is 7.76. The topological polar surface area (TPSA) is 43.7 Å². The lowest BCUT2D eigenvalue weighted by Crippen LogP contribution is -2.42. The van der Waals surface area contributed by atoms with Crippen molar-refractivity contribution < 1.29 is 10.2 Å². The van der Waals surface area contributed by atoms with Crippen LogP contribution in [0.25, 0.3) is 0 Å². The fraction of sp³-hybridized carbons (Fsp3) is 0.647. The molecule has 0 spiro atoms. The van der Waals surface area contributed by atoms with E-state index >= 15 is 0 Å². The lowest BCUT2D eigenvalue weighted by Gasteiger charge is -2.40. The number of aliphatic hydroxyl groups is 2. The molecule has 1 heterocycles. The maximum absolute atomic E-state index is 9.52. The van der Waals surface area contributed by atoms with Crippen molar-refractivity contribution in [3.05, 3.63) is 35.9 Å². The molecule has 2 rings (SSSR count).